The van der Waals surface area contributed by atoms with Gasteiger partial charge in [-0.05, 0) is 70.4 Å². The molecule has 2 nitrogen and oxygen atoms in total. The zero-order valence-corrected chi connectivity index (χ0v) is 22.8. The quantitative estimate of drug-likeness (QED) is 0.155. The van der Waals surface area contributed by atoms with Gasteiger partial charge in [0.15, 0.2) is 0 Å². The van der Waals surface area contributed by atoms with E-state index in [4.69, 9.17) is 0 Å². The van der Waals surface area contributed by atoms with Gasteiger partial charge in [-0.15, -0.1) is 0 Å². The maximum absolute atomic E-state index is 2.48. The van der Waals surface area contributed by atoms with Crippen LogP contribution in [0.15, 0.2) is 146 Å². The Morgan fingerprint density at radius 2 is 0.929 bits per heavy atom. The third-order valence-electron chi connectivity index (χ3n) is 9.23. The highest BCUT2D eigenvalue weighted by Gasteiger charge is 2.21. The van der Waals surface area contributed by atoms with Crippen LogP contribution in [-0.4, -0.2) is 8.97 Å². The molecular weight excluding hydrogens is 508 g/mol. The van der Waals surface area contributed by atoms with Crippen LogP contribution in [-0.2, 0) is 0 Å². The van der Waals surface area contributed by atoms with E-state index >= 15 is 0 Å². The number of nitrogens with zero attached hydrogens (tertiary/aromatic N) is 2. The van der Waals surface area contributed by atoms with Gasteiger partial charge < -0.3 is 8.97 Å². The molecule has 42 heavy (non-hydrogen) atoms. The molecule has 10 aromatic rings. The zero-order chi connectivity index (χ0) is 27.4. The Labute approximate surface area is 241 Å². The summed E-state index contributed by atoms with van der Waals surface area (Å²) in [4.78, 5) is 0. The van der Waals surface area contributed by atoms with Gasteiger partial charge in [-0.25, -0.2) is 0 Å². The van der Waals surface area contributed by atoms with Crippen molar-refractivity contribution in [3.63, 3.8) is 0 Å². The third-order valence-corrected chi connectivity index (χ3v) is 9.23. The highest BCUT2D eigenvalue weighted by Crippen LogP contribution is 2.45. The molecule has 7 aromatic carbocycles. The fraction of sp³-hybridized carbons (Fsp3) is 0. The second-order valence-corrected chi connectivity index (χ2v) is 11.3. The Hall–Kier alpha value is -5.60. The first-order chi connectivity index (χ1) is 20.9. The Morgan fingerprint density at radius 1 is 0.357 bits per heavy atom. The first kappa shape index (κ1) is 22.1. The fourth-order valence-electron chi connectivity index (χ4n) is 7.52. The van der Waals surface area contributed by atoms with Gasteiger partial charge in [-0.1, -0.05) is 97.1 Å². The molecule has 0 aliphatic carbocycles. The maximum Gasteiger partial charge on any atom is 0.0626 e. The average Bonchev–Trinajstić information content (AvgIpc) is 3.57. The van der Waals surface area contributed by atoms with E-state index in [9.17, 15) is 0 Å². The molecule has 0 aliphatic heterocycles. The lowest BCUT2D eigenvalue weighted by atomic mass is 9.91. The van der Waals surface area contributed by atoms with Crippen molar-refractivity contribution in [1.29, 1.82) is 0 Å². The Bertz CT molecular complexity index is 2660. The van der Waals surface area contributed by atoms with Gasteiger partial charge in [0.05, 0.1) is 27.6 Å². The van der Waals surface area contributed by atoms with E-state index in [-0.39, 0.29) is 0 Å². The number of fused-ring (bicyclic) bond motifs is 9. The molecular formula is C40H24N2. The largest absolute Gasteiger partial charge is 0.309 e. The highest BCUT2D eigenvalue weighted by molar-refractivity contribution is 6.31. The molecule has 0 N–H and O–H groups in total. The normalized spacial score (nSPS) is 12.3. The Balaban J connectivity index is 1.37. The van der Waals surface area contributed by atoms with Crippen LogP contribution in [0.3, 0.4) is 0 Å². The molecule has 3 aromatic heterocycles. The van der Waals surface area contributed by atoms with E-state index < -0.39 is 0 Å². The lowest BCUT2D eigenvalue weighted by Gasteiger charge is -2.16. The summed E-state index contributed by atoms with van der Waals surface area (Å²) in [5, 5.41) is 10.4. The molecule has 0 aliphatic rings. The van der Waals surface area contributed by atoms with Gasteiger partial charge in [-0.3, -0.25) is 0 Å². The minimum Gasteiger partial charge on any atom is -0.309 e. The predicted octanol–water partition coefficient (Wildman–Crippen LogP) is 10.8. The van der Waals surface area contributed by atoms with Crippen LogP contribution in [0.2, 0.25) is 0 Å². The van der Waals surface area contributed by atoms with E-state index in [1.54, 1.807) is 0 Å². The predicted molar refractivity (Wildman–Crippen MR) is 178 cm³/mol. The van der Waals surface area contributed by atoms with Crippen LogP contribution in [0, 0.1) is 0 Å². The van der Waals surface area contributed by atoms with Crippen molar-refractivity contribution in [3.8, 4) is 16.8 Å². The van der Waals surface area contributed by atoms with E-state index in [0.29, 0.717) is 0 Å². The van der Waals surface area contributed by atoms with Crippen molar-refractivity contribution in [3.05, 3.63) is 146 Å². The summed E-state index contributed by atoms with van der Waals surface area (Å²) in [6, 6.07) is 53.4. The zero-order valence-electron chi connectivity index (χ0n) is 22.8. The van der Waals surface area contributed by atoms with Crippen LogP contribution < -0.4 is 0 Å². The van der Waals surface area contributed by atoms with Gasteiger partial charge in [0, 0.05) is 38.0 Å². The molecule has 0 saturated carbocycles. The smallest absolute Gasteiger partial charge is 0.0626 e. The van der Waals surface area contributed by atoms with Crippen LogP contribution in [0.5, 0.6) is 0 Å². The molecule has 3 heterocycles. The van der Waals surface area contributed by atoms with Gasteiger partial charge >= 0.3 is 0 Å². The molecule has 0 radical (unpaired) electrons. The van der Waals surface area contributed by atoms with E-state index in [1.807, 2.05) is 0 Å². The summed E-state index contributed by atoms with van der Waals surface area (Å²) in [6.07, 6.45) is 0. The van der Waals surface area contributed by atoms with Crippen LogP contribution in [0.4, 0.5) is 0 Å². The highest BCUT2D eigenvalue weighted by atomic mass is 15.0. The number of hydrogen-bond acceptors (Lipinski definition) is 0. The van der Waals surface area contributed by atoms with E-state index in [1.165, 1.54) is 87.5 Å². The molecule has 0 unspecified atom stereocenters. The summed E-state index contributed by atoms with van der Waals surface area (Å²) < 4.78 is 4.87. The molecule has 2 heteroatoms. The summed E-state index contributed by atoms with van der Waals surface area (Å²) in [6.45, 7) is 0. The van der Waals surface area contributed by atoms with Gasteiger partial charge in [0.2, 0.25) is 0 Å². The summed E-state index contributed by atoms with van der Waals surface area (Å²) in [5.41, 5.74) is 9.98. The van der Waals surface area contributed by atoms with Crippen molar-refractivity contribution in [1.82, 2.24) is 8.97 Å². The number of pyridine rings is 1. The minimum absolute atomic E-state index is 1.18. The number of aromatic nitrogens is 2. The standard InChI is InChI=1S/C40H24N2/c1-2-11-26(12-3-1)41-35-18-7-5-14-28(35)33-23-25(21-22-38(33)41)32-24-34-29-15-6-9-20-37(29)42-36-19-8-4-13-27(36)30-16-10-17-31(32)39(30)40(34)42/h1-24H. The number of hydrogen-bond donors (Lipinski definition) is 0. The van der Waals surface area contributed by atoms with Crippen molar-refractivity contribution in [2.24, 2.45) is 0 Å². The van der Waals surface area contributed by atoms with Gasteiger partial charge in [0.25, 0.3) is 0 Å². The monoisotopic (exact) mass is 532 g/mol. The fourth-order valence-corrected chi connectivity index (χ4v) is 7.52. The lowest BCUT2D eigenvalue weighted by Crippen LogP contribution is -1.94. The second-order valence-electron chi connectivity index (χ2n) is 11.3. The van der Waals surface area contributed by atoms with Crippen molar-refractivity contribution < 1.29 is 0 Å². The molecule has 10 rings (SSSR count). The van der Waals surface area contributed by atoms with Crippen LogP contribution >= 0.6 is 0 Å². The Morgan fingerprint density at radius 3 is 1.69 bits per heavy atom. The van der Waals surface area contributed by atoms with Crippen molar-refractivity contribution in [2.75, 3.05) is 0 Å². The topological polar surface area (TPSA) is 9.34 Å². The minimum atomic E-state index is 1.18. The second kappa shape index (κ2) is 7.99. The van der Waals surface area contributed by atoms with Gasteiger partial charge in [0.1, 0.15) is 0 Å². The summed E-state index contributed by atoms with van der Waals surface area (Å²) >= 11 is 0. The molecule has 0 fully saturated rings. The SMILES string of the molecule is c1ccc(-n2c3ccccc3c3cc(-c4cc5c6ccccc6n6c7ccccc7c7cccc4c7c56)ccc32)cc1. The van der Waals surface area contributed by atoms with Crippen molar-refractivity contribution >= 4 is 70.7 Å². The summed E-state index contributed by atoms with van der Waals surface area (Å²) in [5.74, 6) is 0. The Kier molecular flexibility index (Phi) is 4.21. The van der Waals surface area contributed by atoms with E-state index in [0.717, 1.165) is 0 Å². The number of rotatable bonds is 2. The summed E-state index contributed by atoms with van der Waals surface area (Å²) in [7, 11) is 0. The molecule has 194 valence electrons. The van der Waals surface area contributed by atoms with E-state index in [2.05, 4.69) is 155 Å². The van der Waals surface area contributed by atoms with Crippen LogP contribution in [0.25, 0.3) is 87.5 Å². The third kappa shape index (κ3) is 2.74. The molecule has 0 spiro atoms. The molecule has 0 saturated heterocycles. The number of benzene rings is 7. The van der Waals surface area contributed by atoms with Gasteiger partial charge in [-0.2, -0.15) is 0 Å². The number of para-hydroxylation sites is 4. The van der Waals surface area contributed by atoms with Crippen molar-refractivity contribution in [2.45, 2.75) is 0 Å². The molecule has 0 bridgehead atoms. The first-order valence-electron chi connectivity index (χ1n) is 14.5. The lowest BCUT2D eigenvalue weighted by molar-refractivity contribution is 1.18. The average molecular weight is 533 g/mol. The molecule has 0 amide bonds. The van der Waals surface area contributed by atoms with Crippen LogP contribution in [0.1, 0.15) is 0 Å². The first-order valence-corrected chi connectivity index (χ1v) is 14.5. The molecule has 0 atom stereocenters. The maximum atomic E-state index is 2.48.